The van der Waals surface area contributed by atoms with E-state index in [0.717, 1.165) is 0 Å². The quantitative estimate of drug-likeness (QED) is 0.622. The van der Waals surface area contributed by atoms with Gasteiger partial charge in [0, 0.05) is 10.6 Å². The zero-order valence-corrected chi connectivity index (χ0v) is 10.4. The number of rotatable bonds is 1. The monoisotopic (exact) mass is 308 g/mol. The SMILES string of the molecule is Cc1cc(C(F)(C(F)(F)F)C(F)(F)F)cc(C)c1Cl. The predicted molar refractivity (Wildman–Crippen MR) is 55.8 cm³/mol. The molecule has 1 rings (SSSR count). The van der Waals surface area contributed by atoms with E-state index in [1.54, 1.807) is 0 Å². The molecule has 0 heterocycles. The molecule has 0 aliphatic heterocycles. The summed E-state index contributed by atoms with van der Waals surface area (Å²) in [6.45, 7) is 2.40. The summed E-state index contributed by atoms with van der Waals surface area (Å²) < 4.78 is 88.9. The molecule has 0 unspecified atom stereocenters. The fourth-order valence-corrected chi connectivity index (χ4v) is 1.74. The van der Waals surface area contributed by atoms with Crippen molar-refractivity contribution in [1.29, 1.82) is 0 Å². The zero-order valence-electron chi connectivity index (χ0n) is 9.68. The highest BCUT2D eigenvalue weighted by Crippen LogP contribution is 2.53. The predicted octanol–water partition coefficient (Wildman–Crippen LogP) is 5.25. The van der Waals surface area contributed by atoms with Crippen molar-refractivity contribution in [2.24, 2.45) is 0 Å². The van der Waals surface area contributed by atoms with E-state index in [4.69, 9.17) is 11.6 Å². The van der Waals surface area contributed by atoms with Gasteiger partial charge < -0.3 is 0 Å². The molecule has 0 nitrogen and oxygen atoms in total. The molecule has 0 saturated heterocycles. The molecule has 108 valence electrons. The highest BCUT2D eigenvalue weighted by Gasteiger charge is 2.73. The molecule has 0 saturated carbocycles. The summed E-state index contributed by atoms with van der Waals surface area (Å²) in [5, 5.41) is -0.00421. The fraction of sp³-hybridized carbons (Fsp3) is 0.455. The highest BCUT2D eigenvalue weighted by molar-refractivity contribution is 6.32. The highest BCUT2D eigenvalue weighted by atomic mass is 35.5. The fourth-order valence-electron chi connectivity index (χ4n) is 1.63. The van der Waals surface area contributed by atoms with Crippen LogP contribution in [0.5, 0.6) is 0 Å². The summed E-state index contributed by atoms with van der Waals surface area (Å²) in [7, 11) is 0. The van der Waals surface area contributed by atoms with Crippen molar-refractivity contribution in [3.8, 4) is 0 Å². The van der Waals surface area contributed by atoms with Crippen molar-refractivity contribution in [3.05, 3.63) is 33.8 Å². The first-order valence-electron chi connectivity index (χ1n) is 4.92. The van der Waals surface area contributed by atoms with Crippen LogP contribution in [-0.2, 0) is 5.67 Å². The number of halogens is 8. The minimum atomic E-state index is -6.11. The molecule has 0 amide bonds. The van der Waals surface area contributed by atoms with Gasteiger partial charge in [-0.1, -0.05) is 23.7 Å². The average molecular weight is 309 g/mol. The van der Waals surface area contributed by atoms with Crippen molar-refractivity contribution < 1.29 is 30.7 Å². The lowest BCUT2D eigenvalue weighted by Gasteiger charge is -2.31. The van der Waals surface area contributed by atoms with E-state index in [1.165, 1.54) is 13.8 Å². The number of hydrogen-bond acceptors (Lipinski definition) is 0. The molecule has 0 aromatic heterocycles. The van der Waals surface area contributed by atoms with Gasteiger partial charge in [-0.2, -0.15) is 26.3 Å². The lowest BCUT2D eigenvalue weighted by atomic mass is 9.91. The molecule has 0 spiro atoms. The molecule has 0 N–H and O–H groups in total. The Balaban J connectivity index is 3.62. The topological polar surface area (TPSA) is 0 Å². The van der Waals surface area contributed by atoms with E-state index >= 15 is 0 Å². The van der Waals surface area contributed by atoms with Crippen LogP contribution in [0.3, 0.4) is 0 Å². The van der Waals surface area contributed by atoms with Gasteiger partial charge in [0.25, 0.3) is 0 Å². The zero-order chi connectivity index (χ0) is 15.2. The number of hydrogen-bond donors (Lipinski definition) is 0. The third kappa shape index (κ3) is 2.52. The number of aryl methyl sites for hydroxylation is 2. The van der Waals surface area contributed by atoms with Crippen LogP contribution in [0, 0.1) is 13.8 Å². The van der Waals surface area contributed by atoms with Gasteiger partial charge in [-0.3, -0.25) is 0 Å². The van der Waals surface area contributed by atoms with Crippen LogP contribution in [0.1, 0.15) is 16.7 Å². The summed E-state index contributed by atoms with van der Waals surface area (Å²) >= 11 is 5.64. The van der Waals surface area contributed by atoms with Crippen molar-refractivity contribution in [2.75, 3.05) is 0 Å². The smallest absolute Gasteiger partial charge is 0.218 e. The molecule has 19 heavy (non-hydrogen) atoms. The molecule has 0 bridgehead atoms. The Labute approximate surface area is 109 Å². The molecule has 1 aromatic carbocycles. The molecule has 0 atom stereocenters. The van der Waals surface area contributed by atoms with Crippen molar-refractivity contribution in [2.45, 2.75) is 31.9 Å². The summed E-state index contributed by atoms with van der Waals surface area (Å²) in [4.78, 5) is 0. The van der Waals surface area contributed by atoms with Crippen LogP contribution in [0.25, 0.3) is 0 Å². The van der Waals surface area contributed by atoms with Crippen molar-refractivity contribution in [3.63, 3.8) is 0 Å². The van der Waals surface area contributed by atoms with E-state index in [2.05, 4.69) is 0 Å². The molecular weight excluding hydrogens is 301 g/mol. The van der Waals surface area contributed by atoms with Gasteiger partial charge in [0.15, 0.2) is 0 Å². The lowest BCUT2D eigenvalue weighted by Crippen LogP contribution is -2.50. The van der Waals surface area contributed by atoms with Gasteiger partial charge in [0.1, 0.15) is 0 Å². The van der Waals surface area contributed by atoms with Gasteiger partial charge in [0.2, 0.25) is 0 Å². The minimum absolute atomic E-state index is 0.00421. The van der Waals surface area contributed by atoms with E-state index in [0.29, 0.717) is 12.1 Å². The van der Waals surface area contributed by atoms with Crippen molar-refractivity contribution >= 4 is 11.6 Å². The Morgan fingerprint density at radius 3 is 1.37 bits per heavy atom. The summed E-state index contributed by atoms with van der Waals surface area (Å²) in [6.07, 6.45) is -12.2. The Bertz CT molecular complexity index is 450. The van der Waals surface area contributed by atoms with Crippen LogP contribution in [0.2, 0.25) is 5.02 Å². The van der Waals surface area contributed by atoms with Gasteiger partial charge in [-0.15, -0.1) is 0 Å². The Kier molecular flexibility index (Phi) is 3.84. The van der Waals surface area contributed by atoms with Gasteiger partial charge >= 0.3 is 18.0 Å². The van der Waals surface area contributed by atoms with Crippen molar-refractivity contribution in [1.82, 2.24) is 0 Å². The Morgan fingerprint density at radius 1 is 0.789 bits per heavy atom. The third-order valence-electron chi connectivity index (χ3n) is 2.62. The van der Waals surface area contributed by atoms with E-state index in [9.17, 15) is 30.7 Å². The minimum Gasteiger partial charge on any atom is -0.218 e. The maximum Gasteiger partial charge on any atom is 0.435 e. The number of benzene rings is 1. The second-order valence-corrected chi connectivity index (χ2v) is 4.46. The second-order valence-electron chi connectivity index (χ2n) is 4.08. The normalized spacial score (nSPS) is 13.8. The lowest BCUT2D eigenvalue weighted by molar-refractivity contribution is -0.348. The van der Waals surface area contributed by atoms with Crippen LogP contribution >= 0.6 is 11.6 Å². The first-order chi connectivity index (χ1) is 8.32. The van der Waals surface area contributed by atoms with Crippen LogP contribution in [0.15, 0.2) is 12.1 Å². The molecule has 0 fully saturated rings. The molecule has 8 heteroatoms. The van der Waals surface area contributed by atoms with Gasteiger partial charge in [0.05, 0.1) is 0 Å². The van der Waals surface area contributed by atoms with E-state index in [-0.39, 0.29) is 16.1 Å². The summed E-state index contributed by atoms with van der Waals surface area (Å²) in [6, 6.07) is 0.909. The molecule has 0 aliphatic rings. The standard InChI is InChI=1S/C11H8ClF7/c1-5-3-7(4-6(2)8(5)12)9(13,10(14,15)16)11(17,18)19/h3-4H,1-2H3. The van der Waals surface area contributed by atoms with E-state index in [1.807, 2.05) is 0 Å². The Morgan fingerprint density at radius 2 is 1.11 bits per heavy atom. The number of alkyl halides is 7. The van der Waals surface area contributed by atoms with Gasteiger partial charge in [-0.25, -0.2) is 4.39 Å². The van der Waals surface area contributed by atoms with Crippen LogP contribution < -0.4 is 0 Å². The molecule has 1 aromatic rings. The van der Waals surface area contributed by atoms with Crippen LogP contribution in [-0.4, -0.2) is 12.4 Å². The first-order valence-corrected chi connectivity index (χ1v) is 5.29. The molecular formula is C11H8ClF7. The maximum atomic E-state index is 13.7. The van der Waals surface area contributed by atoms with Crippen LogP contribution in [0.4, 0.5) is 30.7 Å². The first kappa shape index (κ1) is 16.1. The average Bonchev–Trinajstić information content (AvgIpc) is 2.20. The maximum absolute atomic E-state index is 13.7. The molecule has 0 aliphatic carbocycles. The second kappa shape index (κ2) is 4.54. The summed E-state index contributed by atoms with van der Waals surface area (Å²) in [5.41, 5.74) is -7.06. The molecule has 0 radical (unpaired) electrons. The largest absolute Gasteiger partial charge is 0.435 e. The third-order valence-corrected chi connectivity index (χ3v) is 3.21. The van der Waals surface area contributed by atoms with Gasteiger partial charge in [-0.05, 0) is 25.0 Å². The van der Waals surface area contributed by atoms with E-state index < -0.39 is 23.6 Å². The Hall–Kier alpha value is -0.980. The summed E-state index contributed by atoms with van der Waals surface area (Å²) in [5.74, 6) is 0.